The van der Waals surface area contributed by atoms with Crippen LogP contribution >= 0.6 is 11.8 Å². The van der Waals surface area contributed by atoms with Gasteiger partial charge in [0, 0.05) is 19.2 Å². The van der Waals surface area contributed by atoms with E-state index < -0.39 is 10.8 Å². The van der Waals surface area contributed by atoms with Crippen molar-refractivity contribution in [1.29, 1.82) is 5.41 Å². The molecule has 1 saturated heterocycles. The van der Waals surface area contributed by atoms with Crippen LogP contribution in [0, 0.1) is 15.5 Å². The quantitative estimate of drug-likeness (QED) is 0.334. The Hall–Kier alpha value is -4.32. The van der Waals surface area contributed by atoms with Gasteiger partial charge in [0.1, 0.15) is 17.4 Å². The molecule has 188 valence electrons. The van der Waals surface area contributed by atoms with Crippen molar-refractivity contribution in [2.75, 3.05) is 13.1 Å². The van der Waals surface area contributed by atoms with E-state index in [0.29, 0.717) is 21.9 Å². The summed E-state index contributed by atoms with van der Waals surface area (Å²) in [6.07, 6.45) is 3.67. The van der Waals surface area contributed by atoms with Crippen molar-refractivity contribution in [3.05, 3.63) is 75.3 Å². The van der Waals surface area contributed by atoms with Crippen LogP contribution in [0.3, 0.4) is 0 Å². The molecule has 5 rings (SSSR count). The van der Waals surface area contributed by atoms with Gasteiger partial charge in [-0.2, -0.15) is 15.1 Å². The molecule has 0 radical (unpaired) electrons. The van der Waals surface area contributed by atoms with Gasteiger partial charge in [-0.25, -0.2) is 0 Å². The molecule has 2 aromatic carbocycles. The number of thioether (sulfide) groups is 1. The van der Waals surface area contributed by atoms with E-state index in [1.165, 1.54) is 11.1 Å². The predicted molar refractivity (Wildman–Crippen MR) is 139 cm³/mol. The summed E-state index contributed by atoms with van der Waals surface area (Å²) in [7, 11) is 0. The summed E-state index contributed by atoms with van der Waals surface area (Å²) in [5.41, 5.74) is 1.17. The summed E-state index contributed by atoms with van der Waals surface area (Å²) in [6, 6.07) is 13.2. The smallest absolute Gasteiger partial charge is 0.283 e. The number of hydrazone groups is 1. The summed E-state index contributed by atoms with van der Waals surface area (Å²) in [5, 5.41) is 26.1. The van der Waals surface area contributed by atoms with Crippen LogP contribution in [0.2, 0.25) is 0 Å². The highest BCUT2D eigenvalue weighted by atomic mass is 32.2. The average Bonchev–Trinajstić information content (AvgIpc) is 3.57. The molecule has 37 heavy (non-hydrogen) atoms. The predicted octanol–water partition coefficient (Wildman–Crippen LogP) is 3.81. The summed E-state index contributed by atoms with van der Waals surface area (Å²) < 4.78 is 5.69. The molecule has 0 aliphatic carbocycles. The Balaban J connectivity index is 1.25. The monoisotopic (exact) mass is 518 g/mol. The lowest BCUT2D eigenvalue weighted by Crippen LogP contribution is -2.35. The molecule has 1 fully saturated rings. The third-order valence-electron chi connectivity index (χ3n) is 6.03. The van der Waals surface area contributed by atoms with Crippen LogP contribution in [0.5, 0.6) is 5.75 Å². The number of hydrogen-bond acceptors (Lipinski definition) is 8. The van der Waals surface area contributed by atoms with Crippen molar-refractivity contribution in [3.8, 4) is 5.75 Å². The van der Waals surface area contributed by atoms with Gasteiger partial charge in [-0.1, -0.05) is 24.3 Å². The van der Waals surface area contributed by atoms with E-state index >= 15 is 0 Å². The van der Waals surface area contributed by atoms with Crippen molar-refractivity contribution >= 4 is 51.4 Å². The third-order valence-corrected chi connectivity index (χ3v) is 6.94. The number of amidine groups is 2. The topological polar surface area (TPSA) is 142 Å². The molecule has 0 saturated carbocycles. The molecular formula is C25H22N6O5S. The molecule has 2 amide bonds. The number of amides is 2. The molecule has 2 aromatic rings. The van der Waals surface area contributed by atoms with Gasteiger partial charge in [-0.15, -0.1) is 0 Å². The molecule has 0 aromatic heterocycles. The van der Waals surface area contributed by atoms with E-state index in [9.17, 15) is 19.7 Å². The standard InChI is InChI=1S/C25H22N6O5S/c26-23-19(24(33)27-25-30(23)28-21(37-25)14-22(32)29-11-3-4-12-29)13-16-7-9-18(10-8-16)36-15-17-5-1-2-6-20(17)31(34)35/h1-2,5-10,13,26H,3-4,11-12,14-15H2. The highest BCUT2D eigenvalue weighted by Crippen LogP contribution is 2.30. The van der Waals surface area contributed by atoms with E-state index in [2.05, 4.69) is 10.1 Å². The Labute approximate surface area is 216 Å². The van der Waals surface area contributed by atoms with Gasteiger partial charge in [0.25, 0.3) is 11.6 Å². The number of nitro groups is 1. The second-order valence-electron chi connectivity index (χ2n) is 8.52. The molecule has 0 bridgehead atoms. The van der Waals surface area contributed by atoms with Crippen molar-refractivity contribution in [2.24, 2.45) is 10.1 Å². The van der Waals surface area contributed by atoms with Crippen LogP contribution in [-0.2, 0) is 16.2 Å². The zero-order valence-electron chi connectivity index (χ0n) is 19.6. The molecule has 3 heterocycles. The van der Waals surface area contributed by atoms with Crippen molar-refractivity contribution in [2.45, 2.75) is 25.9 Å². The number of para-hydroxylation sites is 1. The van der Waals surface area contributed by atoms with Gasteiger partial charge < -0.3 is 9.64 Å². The minimum absolute atomic E-state index is 0.00981. The fourth-order valence-electron chi connectivity index (χ4n) is 4.11. The summed E-state index contributed by atoms with van der Waals surface area (Å²) in [4.78, 5) is 41.7. The van der Waals surface area contributed by atoms with Gasteiger partial charge in [-0.05, 0) is 54.4 Å². The second-order valence-corrected chi connectivity index (χ2v) is 9.56. The number of ether oxygens (including phenoxy) is 1. The number of rotatable bonds is 7. The maximum absolute atomic E-state index is 12.7. The molecular weight excluding hydrogens is 496 g/mol. The Kier molecular flexibility index (Phi) is 6.82. The van der Waals surface area contributed by atoms with E-state index in [4.69, 9.17) is 10.1 Å². The Morgan fingerprint density at radius 3 is 2.62 bits per heavy atom. The van der Waals surface area contributed by atoms with Crippen molar-refractivity contribution in [3.63, 3.8) is 0 Å². The van der Waals surface area contributed by atoms with Crippen molar-refractivity contribution in [1.82, 2.24) is 9.91 Å². The molecule has 0 spiro atoms. The first-order chi connectivity index (χ1) is 17.9. The zero-order valence-corrected chi connectivity index (χ0v) is 20.4. The fourth-order valence-corrected chi connectivity index (χ4v) is 4.99. The van der Waals surface area contributed by atoms with Crippen LogP contribution in [0.25, 0.3) is 6.08 Å². The first kappa shape index (κ1) is 24.4. The maximum Gasteiger partial charge on any atom is 0.283 e. The molecule has 12 heteroatoms. The lowest BCUT2D eigenvalue weighted by Gasteiger charge is -2.20. The van der Waals surface area contributed by atoms with Gasteiger partial charge in [0.05, 0.1) is 22.5 Å². The minimum Gasteiger partial charge on any atom is -0.489 e. The number of carbonyl (C=O) groups is 2. The summed E-state index contributed by atoms with van der Waals surface area (Å²) >= 11 is 1.14. The SMILES string of the molecule is N=C1C(=Cc2ccc(OCc3ccccc3[N+](=O)[O-])cc2)C(=O)N=C2SC(CC(=O)N3CCCC3)=NN12. The number of hydrogen-bond donors (Lipinski definition) is 1. The number of nitrogens with one attached hydrogen (secondary N) is 1. The number of likely N-dealkylation sites (tertiary alicyclic amines) is 1. The lowest BCUT2D eigenvalue weighted by atomic mass is 10.1. The Morgan fingerprint density at radius 2 is 1.89 bits per heavy atom. The number of fused-ring (bicyclic) bond motifs is 1. The Bertz CT molecular complexity index is 1380. The van der Waals surface area contributed by atoms with Crippen LogP contribution in [0.4, 0.5) is 5.69 Å². The second kappa shape index (κ2) is 10.3. The molecule has 0 unspecified atom stereocenters. The van der Waals surface area contributed by atoms with Crippen LogP contribution in [0.1, 0.15) is 30.4 Å². The highest BCUT2D eigenvalue weighted by Gasteiger charge is 2.36. The van der Waals surface area contributed by atoms with E-state index in [1.54, 1.807) is 53.4 Å². The van der Waals surface area contributed by atoms with Crippen LogP contribution < -0.4 is 4.74 Å². The largest absolute Gasteiger partial charge is 0.489 e. The van der Waals surface area contributed by atoms with Gasteiger partial charge in [-0.3, -0.25) is 25.1 Å². The maximum atomic E-state index is 12.7. The molecule has 11 nitrogen and oxygen atoms in total. The number of carbonyl (C=O) groups excluding carboxylic acids is 2. The first-order valence-electron chi connectivity index (χ1n) is 11.6. The van der Waals surface area contributed by atoms with Gasteiger partial charge in [0.2, 0.25) is 11.1 Å². The Morgan fingerprint density at radius 1 is 1.16 bits per heavy atom. The summed E-state index contributed by atoms with van der Waals surface area (Å²) in [5.74, 6) is -0.175. The molecule has 0 atom stereocenters. The minimum atomic E-state index is -0.553. The van der Waals surface area contributed by atoms with Gasteiger partial charge in [0.15, 0.2) is 5.84 Å². The normalized spacial score (nSPS) is 18.1. The first-order valence-corrected chi connectivity index (χ1v) is 12.4. The molecule has 3 aliphatic heterocycles. The zero-order chi connectivity index (χ0) is 25.9. The number of benzene rings is 2. The lowest BCUT2D eigenvalue weighted by molar-refractivity contribution is -0.385. The number of nitro benzene ring substituents is 1. The van der Waals surface area contributed by atoms with E-state index in [1.807, 2.05) is 0 Å². The summed E-state index contributed by atoms with van der Waals surface area (Å²) in [6.45, 7) is 1.53. The number of aliphatic imine (C=N–C) groups is 1. The third kappa shape index (κ3) is 5.28. The average molecular weight is 519 g/mol. The number of nitrogens with zero attached hydrogens (tertiary/aromatic N) is 5. The molecule has 3 aliphatic rings. The van der Waals surface area contributed by atoms with Crippen LogP contribution in [0.15, 0.2) is 64.2 Å². The van der Waals surface area contributed by atoms with Crippen LogP contribution in [-0.4, -0.2) is 55.8 Å². The molecule has 1 N–H and O–H groups in total. The van der Waals surface area contributed by atoms with E-state index in [0.717, 1.165) is 37.7 Å². The fraction of sp³-hybridized carbons (Fsp3) is 0.240. The van der Waals surface area contributed by atoms with E-state index in [-0.39, 0.29) is 41.2 Å². The van der Waals surface area contributed by atoms with Crippen molar-refractivity contribution < 1.29 is 19.2 Å². The van der Waals surface area contributed by atoms with Gasteiger partial charge >= 0.3 is 0 Å². The highest BCUT2D eigenvalue weighted by molar-refractivity contribution is 8.27.